The van der Waals surface area contributed by atoms with Gasteiger partial charge in [0.2, 0.25) is 5.91 Å². The summed E-state index contributed by atoms with van der Waals surface area (Å²) < 4.78 is 0. The van der Waals surface area contributed by atoms with Crippen molar-refractivity contribution in [3.05, 3.63) is 39.9 Å². The molecule has 1 atom stereocenters. The van der Waals surface area contributed by atoms with E-state index in [1.54, 1.807) is 0 Å². The number of nitrogens with one attached hydrogen (secondary N) is 2. The number of carboxylic acid groups (broad SMARTS) is 1. The van der Waals surface area contributed by atoms with Crippen molar-refractivity contribution < 1.29 is 24.4 Å². The largest absolute Gasteiger partial charge is 0.480 e. The third kappa shape index (κ3) is 7.40. The van der Waals surface area contributed by atoms with E-state index in [1.807, 2.05) is 0 Å². The molecule has 0 heterocycles. The molecular formula is C15H20N4O6. The molecule has 10 heteroatoms. The van der Waals surface area contributed by atoms with Crippen LogP contribution in [-0.4, -0.2) is 46.9 Å². The standard InChI is InChI=1S/C15H20N4O6/c16-12(15(23)18-9-13(20)21)3-1-2-8-17-14(22)10-4-6-11(7-5-10)19(24)25/h4-7,12H,1-3,8-9,16H2,(H,17,22)(H,18,23)(H,20,21). The Morgan fingerprint density at radius 2 is 1.80 bits per heavy atom. The van der Waals surface area contributed by atoms with Crippen LogP contribution in [0.25, 0.3) is 0 Å². The van der Waals surface area contributed by atoms with Gasteiger partial charge in [0.1, 0.15) is 6.54 Å². The molecule has 25 heavy (non-hydrogen) atoms. The maximum absolute atomic E-state index is 11.9. The molecule has 1 rings (SSSR count). The van der Waals surface area contributed by atoms with E-state index in [2.05, 4.69) is 10.6 Å². The van der Waals surface area contributed by atoms with Gasteiger partial charge in [-0.25, -0.2) is 0 Å². The summed E-state index contributed by atoms with van der Waals surface area (Å²) in [6.45, 7) is -0.114. The fourth-order valence-electron chi connectivity index (χ4n) is 1.95. The van der Waals surface area contributed by atoms with E-state index < -0.39 is 29.4 Å². The summed E-state index contributed by atoms with van der Waals surface area (Å²) in [5, 5.41) is 23.8. The van der Waals surface area contributed by atoms with Crippen LogP contribution in [-0.2, 0) is 9.59 Å². The Kier molecular flexibility index (Phi) is 8.00. The predicted octanol–water partition coefficient (Wildman–Crippen LogP) is 0.0230. The summed E-state index contributed by atoms with van der Waals surface area (Å²) in [6, 6.07) is 4.45. The smallest absolute Gasteiger partial charge is 0.322 e. The molecule has 0 aliphatic heterocycles. The molecule has 0 bridgehead atoms. The molecule has 0 aliphatic carbocycles. The minimum atomic E-state index is -1.14. The number of hydrogen-bond acceptors (Lipinski definition) is 6. The number of carbonyl (C=O) groups is 3. The fraction of sp³-hybridized carbons (Fsp3) is 0.400. The van der Waals surface area contributed by atoms with Gasteiger partial charge in [0.05, 0.1) is 11.0 Å². The number of benzene rings is 1. The molecule has 0 aliphatic rings. The molecule has 0 radical (unpaired) electrons. The lowest BCUT2D eigenvalue weighted by atomic mass is 10.1. The average Bonchev–Trinajstić information content (AvgIpc) is 2.58. The van der Waals surface area contributed by atoms with Gasteiger partial charge in [0, 0.05) is 24.2 Å². The zero-order valence-electron chi connectivity index (χ0n) is 13.4. The predicted molar refractivity (Wildman–Crippen MR) is 87.9 cm³/mol. The van der Waals surface area contributed by atoms with Crippen LogP contribution in [0.15, 0.2) is 24.3 Å². The van der Waals surface area contributed by atoms with E-state index in [1.165, 1.54) is 24.3 Å². The molecule has 0 fully saturated rings. The number of amides is 2. The van der Waals surface area contributed by atoms with Crippen LogP contribution in [0.5, 0.6) is 0 Å². The minimum absolute atomic E-state index is 0.0910. The summed E-state index contributed by atoms with van der Waals surface area (Å²) >= 11 is 0. The first kappa shape index (κ1) is 20.0. The van der Waals surface area contributed by atoms with Gasteiger partial charge in [0.25, 0.3) is 11.6 Å². The number of nitrogens with zero attached hydrogens (tertiary/aromatic N) is 1. The quantitative estimate of drug-likeness (QED) is 0.262. The van der Waals surface area contributed by atoms with E-state index in [9.17, 15) is 24.5 Å². The van der Waals surface area contributed by atoms with Crippen molar-refractivity contribution in [3.63, 3.8) is 0 Å². The lowest BCUT2D eigenvalue weighted by Crippen LogP contribution is -2.42. The highest BCUT2D eigenvalue weighted by molar-refractivity contribution is 5.94. The Bertz CT molecular complexity index is 631. The highest BCUT2D eigenvalue weighted by atomic mass is 16.6. The highest BCUT2D eigenvalue weighted by Gasteiger charge is 2.14. The van der Waals surface area contributed by atoms with Crippen LogP contribution in [0.4, 0.5) is 5.69 Å². The summed E-state index contributed by atoms with van der Waals surface area (Å²) in [4.78, 5) is 43.6. The second-order valence-corrected chi connectivity index (χ2v) is 5.27. The van der Waals surface area contributed by atoms with Crippen molar-refractivity contribution in [3.8, 4) is 0 Å². The van der Waals surface area contributed by atoms with Crippen molar-refractivity contribution >= 4 is 23.5 Å². The third-order valence-corrected chi connectivity index (χ3v) is 3.32. The van der Waals surface area contributed by atoms with Gasteiger partial charge in [-0.2, -0.15) is 0 Å². The van der Waals surface area contributed by atoms with Gasteiger partial charge in [0.15, 0.2) is 0 Å². The number of carbonyl (C=O) groups excluding carboxylic acids is 2. The number of non-ortho nitro benzene ring substituents is 1. The molecule has 10 nitrogen and oxygen atoms in total. The van der Waals surface area contributed by atoms with Crippen molar-refractivity contribution in [2.24, 2.45) is 5.73 Å². The van der Waals surface area contributed by atoms with E-state index in [4.69, 9.17) is 10.8 Å². The zero-order chi connectivity index (χ0) is 18.8. The molecule has 0 saturated carbocycles. The maximum Gasteiger partial charge on any atom is 0.322 e. The number of aliphatic carboxylic acids is 1. The summed E-state index contributed by atoms with van der Waals surface area (Å²) in [5.41, 5.74) is 5.85. The number of carboxylic acids is 1. The van der Waals surface area contributed by atoms with E-state index >= 15 is 0 Å². The molecule has 0 aromatic heterocycles. The van der Waals surface area contributed by atoms with Gasteiger partial charge < -0.3 is 21.5 Å². The van der Waals surface area contributed by atoms with E-state index in [0.29, 0.717) is 31.4 Å². The van der Waals surface area contributed by atoms with Gasteiger partial charge in [-0.05, 0) is 31.4 Å². The summed E-state index contributed by atoms with van der Waals surface area (Å²) in [6.07, 6.45) is 1.51. The molecule has 0 saturated heterocycles. The zero-order valence-corrected chi connectivity index (χ0v) is 13.4. The van der Waals surface area contributed by atoms with E-state index in [-0.39, 0.29) is 11.6 Å². The maximum atomic E-state index is 11.9. The van der Waals surface area contributed by atoms with Crippen LogP contribution < -0.4 is 16.4 Å². The van der Waals surface area contributed by atoms with Crippen LogP contribution in [0.2, 0.25) is 0 Å². The Morgan fingerprint density at radius 1 is 1.16 bits per heavy atom. The number of nitro groups is 1. The first-order valence-corrected chi connectivity index (χ1v) is 7.59. The molecule has 136 valence electrons. The fourth-order valence-corrected chi connectivity index (χ4v) is 1.95. The average molecular weight is 352 g/mol. The Morgan fingerprint density at radius 3 is 2.36 bits per heavy atom. The molecule has 5 N–H and O–H groups in total. The molecule has 1 unspecified atom stereocenters. The third-order valence-electron chi connectivity index (χ3n) is 3.32. The first-order valence-electron chi connectivity index (χ1n) is 7.59. The van der Waals surface area contributed by atoms with Gasteiger partial charge in [-0.15, -0.1) is 0 Å². The van der Waals surface area contributed by atoms with Gasteiger partial charge in [-0.1, -0.05) is 0 Å². The van der Waals surface area contributed by atoms with Crippen molar-refractivity contribution in [2.75, 3.05) is 13.1 Å². The van der Waals surface area contributed by atoms with Gasteiger partial charge in [-0.3, -0.25) is 24.5 Å². The number of nitro benzene ring substituents is 1. The number of nitrogens with two attached hydrogens (primary N) is 1. The molecule has 1 aromatic rings. The minimum Gasteiger partial charge on any atom is -0.480 e. The van der Waals surface area contributed by atoms with Gasteiger partial charge >= 0.3 is 5.97 Å². The van der Waals surface area contributed by atoms with Crippen LogP contribution in [0, 0.1) is 10.1 Å². The topological polar surface area (TPSA) is 165 Å². The monoisotopic (exact) mass is 352 g/mol. The molecule has 0 spiro atoms. The molecule has 1 aromatic carbocycles. The molecule has 2 amide bonds. The SMILES string of the molecule is NC(CCCCNC(=O)c1ccc([N+](=O)[O-])cc1)C(=O)NCC(=O)O. The lowest BCUT2D eigenvalue weighted by molar-refractivity contribution is -0.384. The number of rotatable bonds is 10. The summed E-state index contributed by atoms with van der Waals surface area (Å²) in [5.74, 6) is -2.02. The lowest BCUT2D eigenvalue weighted by Gasteiger charge is -2.11. The highest BCUT2D eigenvalue weighted by Crippen LogP contribution is 2.11. The van der Waals surface area contributed by atoms with Crippen molar-refractivity contribution in [1.82, 2.24) is 10.6 Å². The number of hydrogen-bond donors (Lipinski definition) is 4. The second kappa shape index (κ2) is 9.98. The normalized spacial score (nSPS) is 11.4. The molecular weight excluding hydrogens is 332 g/mol. The van der Waals surface area contributed by atoms with Crippen LogP contribution in [0.1, 0.15) is 29.6 Å². The van der Waals surface area contributed by atoms with Crippen molar-refractivity contribution in [2.45, 2.75) is 25.3 Å². The first-order chi connectivity index (χ1) is 11.8. The van der Waals surface area contributed by atoms with Crippen molar-refractivity contribution in [1.29, 1.82) is 0 Å². The summed E-state index contributed by atoms with van der Waals surface area (Å²) in [7, 11) is 0. The van der Waals surface area contributed by atoms with E-state index in [0.717, 1.165) is 0 Å². The Labute approximate surface area is 143 Å². The Balaban J connectivity index is 2.24. The Hall–Kier alpha value is -3.01. The van der Waals surface area contributed by atoms with Crippen LogP contribution >= 0.6 is 0 Å². The second-order valence-electron chi connectivity index (χ2n) is 5.27. The van der Waals surface area contributed by atoms with Crippen LogP contribution in [0.3, 0.4) is 0 Å². The number of unbranched alkanes of at least 4 members (excludes halogenated alkanes) is 1.